The van der Waals surface area contributed by atoms with Crippen LogP contribution in [0.1, 0.15) is 5.56 Å². The van der Waals surface area contributed by atoms with E-state index in [-0.39, 0.29) is 5.02 Å². The van der Waals surface area contributed by atoms with Crippen molar-refractivity contribution in [1.29, 1.82) is 0 Å². The molecule has 2 aromatic rings. The van der Waals surface area contributed by atoms with Gasteiger partial charge in [0.05, 0.1) is 16.4 Å². The van der Waals surface area contributed by atoms with Crippen LogP contribution in [0.2, 0.25) is 5.02 Å². The van der Waals surface area contributed by atoms with Gasteiger partial charge >= 0.3 is 0 Å². The van der Waals surface area contributed by atoms with Gasteiger partial charge in [-0.15, -0.1) is 0 Å². The molecule has 0 unspecified atom stereocenters. The molecule has 2 aromatic carbocycles. The van der Waals surface area contributed by atoms with E-state index in [1.807, 2.05) is 43.1 Å². The number of aryl methyl sites for hydroxylation is 1. The van der Waals surface area contributed by atoms with Gasteiger partial charge in [0.15, 0.2) is 0 Å². The number of hydrogen-bond donors (Lipinski definition) is 1. The quantitative estimate of drug-likeness (QED) is 0.826. The van der Waals surface area contributed by atoms with Crippen LogP contribution in [0.15, 0.2) is 36.4 Å². The number of halogens is 2. The molecule has 0 aliphatic rings. The Morgan fingerprint density at radius 3 is 2.39 bits per heavy atom. The summed E-state index contributed by atoms with van der Waals surface area (Å²) >= 11 is 5.79. The fraction of sp³-hybridized carbons (Fsp3) is 0.143. The Balaban J connectivity index is 2.42. The van der Waals surface area contributed by atoms with Crippen molar-refractivity contribution in [2.45, 2.75) is 6.92 Å². The van der Waals surface area contributed by atoms with Gasteiger partial charge < -0.3 is 10.6 Å². The van der Waals surface area contributed by atoms with Crippen molar-refractivity contribution in [3.63, 3.8) is 0 Å². The fourth-order valence-electron chi connectivity index (χ4n) is 1.75. The van der Waals surface area contributed by atoms with Gasteiger partial charge in [-0.05, 0) is 25.1 Å². The van der Waals surface area contributed by atoms with Crippen molar-refractivity contribution in [2.24, 2.45) is 0 Å². The van der Waals surface area contributed by atoms with Gasteiger partial charge in [-0.3, -0.25) is 0 Å². The molecule has 94 valence electrons. The molecule has 0 aromatic heterocycles. The second-order valence-electron chi connectivity index (χ2n) is 4.22. The van der Waals surface area contributed by atoms with Gasteiger partial charge in [0, 0.05) is 18.8 Å². The maximum absolute atomic E-state index is 13.2. The third-order valence-electron chi connectivity index (χ3n) is 2.85. The second-order valence-corrected chi connectivity index (χ2v) is 4.63. The average Bonchev–Trinajstić information content (AvgIpc) is 2.34. The molecule has 0 bridgehead atoms. The molecule has 2 nitrogen and oxygen atoms in total. The molecule has 0 radical (unpaired) electrons. The summed E-state index contributed by atoms with van der Waals surface area (Å²) in [5, 5.41) is 0.0677. The van der Waals surface area contributed by atoms with Crippen LogP contribution in [0.4, 0.5) is 21.5 Å². The van der Waals surface area contributed by atoms with E-state index in [1.165, 1.54) is 17.7 Å². The number of nitrogens with zero attached hydrogens (tertiary/aromatic N) is 1. The van der Waals surface area contributed by atoms with Gasteiger partial charge in [0.25, 0.3) is 0 Å². The highest BCUT2D eigenvalue weighted by Gasteiger charge is 2.11. The van der Waals surface area contributed by atoms with E-state index in [0.29, 0.717) is 11.4 Å². The first-order valence-corrected chi connectivity index (χ1v) is 5.92. The molecular formula is C14H14ClFN2. The van der Waals surface area contributed by atoms with Crippen LogP contribution in [0, 0.1) is 12.7 Å². The van der Waals surface area contributed by atoms with Crippen molar-refractivity contribution < 1.29 is 4.39 Å². The molecular weight excluding hydrogens is 251 g/mol. The molecule has 0 spiro atoms. The van der Waals surface area contributed by atoms with Crippen LogP contribution in [0.5, 0.6) is 0 Å². The van der Waals surface area contributed by atoms with Crippen LogP contribution >= 0.6 is 11.6 Å². The number of nitrogen functional groups attached to an aromatic ring is 1. The zero-order chi connectivity index (χ0) is 13.3. The van der Waals surface area contributed by atoms with Crippen LogP contribution in [0.25, 0.3) is 0 Å². The van der Waals surface area contributed by atoms with E-state index < -0.39 is 5.82 Å². The zero-order valence-corrected chi connectivity index (χ0v) is 11.0. The van der Waals surface area contributed by atoms with Gasteiger partial charge in [-0.1, -0.05) is 29.3 Å². The van der Waals surface area contributed by atoms with Crippen molar-refractivity contribution >= 4 is 28.7 Å². The van der Waals surface area contributed by atoms with Gasteiger partial charge in [-0.2, -0.15) is 0 Å². The first kappa shape index (κ1) is 12.7. The Morgan fingerprint density at radius 1 is 1.17 bits per heavy atom. The smallest absolute Gasteiger partial charge is 0.143 e. The predicted octanol–water partition coefficient (Wildman–Crippen LogP) is 4.14. The minimum absolute atomic E-state index is 0.0677. The van der Waals surface area contributed by atoms with Crippen LogP contribution < -0.4 is 10.6 Å². The largest absolute Gasteiger partial charge is 0.397 e. The Hall–Kier alpha value is -1.74. The Kier molecular flexibility index (Phi) is 3.43. The Bertz CT molecular complexity index is 567. The van der Waals surface area contributed by atoms with Crippen LogP contribution in [0.3, 0.4) is 0 Å². The molecule has 0 saturated carbocycles. The van der Waals surface area contributed by atoms with E-state index in [0.717, 1.165) is 5.69 Å². The normalized spacial score (nSPS) is 10.4. The molecule has 0 amide bonds. The van der Waals surface area contributed by atoms with E-state index in [9.17, 15) is 4.39 Å². The molecule has 4 heteroatoms. The predicted molar refractivity (Wildman–Crippen MR) is 75.1 cm³/mol. The number of rotatable bonds is 2. The van der Waals surface area contributed by atoms with Gasteiger partial charge in [-0.25, -0.2) is 4.39 Å². The van der Waals surface area contributed by atoms with Crippen molar-refractivity contribution in [3.8, 4) is 0 Å². The third kappa shape index (κ3) is 2.41. The lowest BCUT2D eigenvalue weighted by atomic mass is 10.2. The molecule has 0 atom stereocenters. The first-order valence-electron chi connectivity index (χ1n) is 5.54. The standard InChI is InChI=1S/C14H14ClFN2/c1-9-3-5-10(6-4-9)18(2)14-7-11(15)12(16)8-13(14)17/h3-8H,17H2,1-2H3. The molecule has 0 saturated heterocycles. The number of anilines is 3. The maximum atomic E-state index is 13.2. The molecule has 0 aliphatic heterocycles. The summed E-state index contributed by atoms with van der Waals surface area (Å²) < 4.78 is 13.2. The third-order valence-corrected chi connectivity index (χ3v) is 3.14. The van der Waals surface area contributed by atoms with Crippen LogP contribution in [-0.2, 0) is 0 Å². The fourth-order valence-corrected chi connectivity index (χ4v) is 1.91. The lowest BCUT2D eigenvalue weighted by molar-refractivity contribution is 0.629. The Morgan fingerprint density at radius 2 is 1.78 bits per heavy atom. The second kappa shape index (κ2) is 4.86. The summed E-state index contributed by atoms with van der Waals surface area (Å²) in [7, 11) is 1.87. The van der Waals surface area contributed by atoms with E-state index >= 15 is 0 Å². The molecule has 2 rings (SSSR count). The van der Waals surface area contributed by atoms with Gasteiger partial charge in [0.2, 0.25) is 0 Å². The Labute approximate surface area is 111 Å². The van der Waals surface area contributed by atoms with Crippen molar-refractivity contribution in [1.82, 2.24) is 0 Å². The topological polar surface area (TPSA) is 29.3 Å². The molecule has 0 heterocycles. The highest BCUT2D eigenvalue weighted by molar-refractivity contribution is 6.31. The highest BCUT2D eigenvalue weighted by Crippen LogP contribution is 2.33. The highest BCUT2D eigenvalue weighted by atomic mass is 35.5. The SMILES string of the molecule is Cc1ccc(N(C)c2cc(Cl)c(F)cc2N)cc1. The van der Waals surface area contributed by atoms with Gasteiger partial charge in [0.1, 0.15) is 5.82 Å². The molecule has 0 aliphatic carbocycles. The molecule has 2 N–H and O–H groups in total. The number of benzene rings is 2. The van der Waals surface area contributed by atoms with E-state index in [4.69, 9.17) is 17.3 Å². The van der Waals surface area contributed by atoms with E-state index in [1.54, 1.807) is 0 Å². The van der Waals surface area contributed by atoms with Crippen molar-refractivity contribution in [3.05, 3.63) is 52.8 Å². The summed E-state index contributed by atoms with van der Waals surface area (Å²) in [5.41, 5.74) is 9.01. The minimum atomic E-state index is -0.504. The summed E-state index contributed by atoms with van der Waals surface area (Å²) in [6.45, 7) is 2.02. The number of hydrogen-bond acceptors (Lipinski definition) is 2. The maximum Gasteiger partial charge on any atom is 0.143 e. The monoisotopic (exact) mass is 264 g/mol. The molecule has 0 fully saturated rings. The summed E-state index contributed by atoms with van der Waals surface area (Å²) in [6.07, 6.45) is 0. The lowest BCUT2D eigenvalue weighted by Gasteiger charge is -2.21. The lowest BCUT2D eigenvalue weighted by Crippen LogP contribution is -2.11. The van der Waals surface area contributed by atoms with Crippen molar-refractivity contribution in [2.75, 3.05) is 17.7 Å². The zero-order valence-electron chi connectivity index (χ0n) is 10.2. The summed E-state index contributed by atoms with van der Waals surface area (Å²) in [6, 6.07) is 10.7. The minimum Gasteiger partial charge on any atom is -0.397 e. The summed E-state index contributed by atoms with van der Waals surface area (Å²) in [4.78, 5) is 1.88. The average molecular weight is 265 g/mol. The molecule has 18 heavy (non-hydrogen) atoms. The van der Waals surface area contributed by atoms with E-state index in [2.05, 4.69) is 0 Å². The number of nitrogens with two attached hydrogens (primary N) is 1. The first-order chi connectivity index (χ1) is 8.49. The summed E-state index contributed by atoms with van der Waals surface area (Å²) in [5.74, 6) is -0.504. The van der Waals surface area contributed by atoms with Crippen LogP contribution in [-0.4, -0.2) is 7.05 Å².